The largest absolute Gasteiger partial charge is 0.481 e. The van der Waals surface area contributed by atoms with Crippen LogP contribution in [-0.2, 0) is 14.3 Å². The predicted molar refractivity (Wildman–Crippen MR) is 53.4 cm³/mol. The summed E-state index contributed by atoms with van der Waals surface area (Å²) in [6, 6.07) is 0. The van der Waals surface area contributed by atoms with Crippen molar-refractivity contribution in [3.63, 3.8) is 0 Å². The van der Waals surface area contributed by atoms with Crippen LogP contribution in [0.1, 0.15) is 6.42 Å². The standard InChI is InChI=1S/C8H12ClNO6/c9-1-2-16-8(15)10-4-5(7(13)14)3-6(11)12/h5H,1-4H2,(H,10,15)(H,11,12)(H,13,14). The van der Waals surface area contributed by atoms with Crippen molar-refractivity contribution >= 4 is 29.6 Å². The summed E-state index contributed by atoms with van der Waals surface area (Å²) in [5, 5.41) is 19.2. The fourth-order valence-corrected chi connectivity index (χ4v) is 0.924. The van der Waals surface area contributed by atoms with E-state index >= 15 is 0 Å². The van der Waals surface area contributed by atoms with Crippen molar-refractivity contribution in [1.29, 1.82) is 0 Å². The molecule has 0 aliphatic carbocycles. The van der Waals surface area contributed by atoms with Crippen molar-refractivity contribution in [3.8, 4) is 0 Å². The van der Waals surface area contributed by atoms with Crippen molar-refractivity contribution in [2.24, 2.45) is 5.92 Å². The SMILES string of the molecule is O=C(O)CC(CNC(=O)OCCCl)C(=O)O. The first-order valence-corrected chi connectivity index (χ1v) is 4.92. The third-order valence-electron chi connectivity index (χ3n) is 1.57. The van der Waals surface area contributed by atoms with Gasteiger partial charge in [-0.1, -0.05) is 0 Å². The number of halogens is 1. The summed E-state index contributed by atoms with van der Waals surface area (Å²) in [7, 11) is 0. The maximum atomic E-state index is 10.9. The van der Waals surface area contributed by atoms with E-state index in [1.807, 2.05) is 0 Å². The lowest BCUT2D eigenvalue weighted by atomic mass is 10.1. The van der Waals surface area contributed by atoms with E-state index in [1.165, 1.54) is 0 Å². The Hall–Kier alpha value is -1.50. The molecule has 0 fully saturated rings. The second kappa shape index (κ2) is 7.75. The second-order valence-electron chi connectivity index (χ2n) is 2.84. The minimum atomic E-state index is -1.29. The lowest BCUT2D eigenvalue weighted by molar-refractivity contribution is -0.148. The van der Waals surface area contributed by atoms with Gasteiger partial charge in [0, 0.05) is 6.54 Å². The van der Waals surface area contributed by atoms with Gasteiger partial charge in [-0.2, -0.15) is 0 Å². The van der Waals surface area contributed by atoms with Gasteiger partial charge >= 0.3 is 18.0 Å². The van der Waals surface area contributed by atoms with E-state index in [-0.39, 0.29) is 19.0 Å². The molecule has 8 heteroatoms. The van der Waals surface area contributed by atoms with Crippen molar-refractivity contribution < 1.29 is 29.3 Å². The average molecular weight is 254 g/mol. The topological polar surface area (TPSA) is 113 Å². The first-order chi connectivity index (χ1) is 7.47. The number of carbonyl (C=O) groups excluding carboxylic acids is 1. The lowest BCUT2D eigenvalue weighted by Crippen LogP contribution is -2.34. The smallest absolute Gasteiger partial charge is 0.407 e. The van der Waals surface area contributed by atoms with Crippen LogP contribution in [0.3, 0.4) is 0 Å². The van der Waals surface area contributed by atoms with Crippen LogP contribution in [-0.4, -0.2) is 47.3 Å². The van der Waals surface area contributed by atoms with Gasteiger partial charge in [0.2, 0.25) is 0 Å². The normalized spacial score (nSPS) is 11.6. The molecule has 92 valence electrons. The molecule has 16 heavy (non-hydrogen) atoms. The van der Waals surface area contributed by atoms with Crippen molar-refractivity contribution in [2.45, 2.75) is 6.42 Å². The van der Waals surface area contributed by atoms with Crippen LogP contribution in [0.25, 0.3) is 0 Å². The molecule has 3 N–H and O–H groups in total. The Bertz CT molecular complexity index is 269. The monoisotopic (exact) mass is 253 g/mol. The number of amides is 1. The number of carboxylic acid groups (broad SMARTS) is 2. The molecule has 0 aliphatic heterocycles. The number of alkyl carbamates (subject to hydrolysis) is 1. The van der Waals surface area contributed by atoms with Gasteiger partial charge < -0.3 is 20.3 Å². The van der Waals surface area contributed by atoms with Gasteiger partial charge in [-0.3, -0.25) is 9.59 Å². The number of carboxylic acids is 2. The van der Waals surface area contributed by atoms with Gasteiger partial charge in [-0.15, -0.1) is 11.6 Å². The third kappa shape index (κ3) is 6.88. The Morgan fingerprint density at radius 2 is 1.94 bits per heavy atom. The summed E-state index contributed by atoms with van der Waals surface area (Å²) in [4.78, 5) is 31.8. The fraction of sp³-hybridized carbons (Fsp3) is 0.625. The second-order valence-corrected chi connectivity index (χ2v) is 3.22. The zero-order valence-electron chi connectivity index (χ0n) is 8.31. The maximum Gasteiger partial charge on any atom is 0.407 e. The van der Waals surface area contributed by atoms with E-state index < -0.39 is 30.4 Å². The number of nitrogens with one attached hydrogen (secondary N) is 1. The number of alkyl halides is 1. The molecule has 0 aromatic carbocycles. The van der Waals surface area contributed by atoms with Gasteiger partial charge in [0.1, 0.15) is 6.61 Å². The quantitative estimate of drug-likeness (QED) is 0.556. The average Bonchev–Trinajstić information content (AvgIpc) is 2.20. The fourth-order valence-electron chi connectivity index (χ4n) is 0.846. The van der Waals surface area contributed by atoms with Crippen LogP contribution in [0.4, 0.5) is 4.79 Å². The van der Waals surface area contributed by atoms with Gasteiger partial charge in [0.15, 0.2) is 0 Å². The van der Waals surface area contributed by atoms with E-state index in [2.05, 4.69) is 10.1 Å². The van der Waals surface area contributed by atoms with Crippen molar-refractivity contribution in [1.82, 2.24) is 5.32 Å². The molecule has 0 heterocycles. The van der Waals surface area contributed by atoms with Crippen LogP contribution in [0.5, 0.6) is 0 Å². The molecule has 0 spiro atoms. The molecule has 0 radical (unpaired) electrons. The molecule has 1 amide bonds. The van der Waals surface area contributed by atoms with Gasteiger partial charge in [-0.05, 0) is 0 Å². The molecule has 0 saturated heterocycles. The van der Waals surface area contributed by atoms with Crippen LogP contribution >= 0.6 is 11.6 Å². The lowest BCUT2D eigenvalue weighted by Gasteiger charge is -2.10. The maximum absolute atomic E-state index is 10.9. The van der Waals surface area contributed by atoms with Gasteiger partial charge in [0.05, 0.1) is 18.2 Å². The molecular weight excluding hydrogens is 242 g/mol. The Kier molecular flexibility index (Phi) is 7.02. The number of carbonyl (C=O) groups is 3. The summed E-state index contributed by atoms with van der Waals surface area (Å²) in [6.45, 7) is -0.299. The number of hydrogen-bond acceptors (Lipinski definition) is 4. The van der Waals surface area contributed by atoms with Gasteiger partial charge in [-0.25, -0.2) is 4.79 Å². The third-order valence-corrected chi connectivity index (χ3v) is 1.73. The number of aliphatic carboxylic acids is 2. The molecule has 7 nitrogen and oxygen atoms in total. The van der Waals surface area contributed by atoms with E-state index in [0.717, 1.165) is 0 Å². The highest BCUT2D eigenvalue weighted by molar-refractivity contribution is 6.18. The number of ether oxygens (including phenoxy) is 1. The van der Waals surface area contributed by atoms with Crippen molar-refractivity contribution in [2.75, 3.05) is 19.0 Å². The van der Waals surface area contributed by atoms with Crippen molar-refractivity contribution in [3.05, 3.63) is 0 Å². The zero-order valence-corrected chi connectivity index (χ0v) is 9.07. The highest BCUT2D eigenvalue weighted by Gasteiger charge is 2.21. The highest BCUT2D eigenvalue weighted by Crippen LogP contribution is 2.02. The zero-order chi connectivity index (χ0) is 12.6. The molecule has 0 bridgehead atoms. The van der Waals surface area contributed by atoms with E-state index in [1.54, 1.807) is 0 Å². The molecule has 0 aromatic heterocycles. The Balaban J connectivity index is 3.97. The van der Waals surface area contributed by atoms with E-state index in [9.17, 15) is 14.4 Å². The highest BCUT2D eigenvalue weighted by atomic mass is 35.5. The minimum Gasteiger partial charge on any atom is -0.481 e. The van der Waals surface area contributed by atoms with E-state index in [0.29, 0.717) is 0 Å². The Morgan fingerprint density at radius 3 is 2.38 bits per heavy atom. The predicted octanol–water partition coefficient (Wildman–Crippen LogP) is 0.127. The summed E-state index contributed by atoms with van der Waals surface area (Å²) < 4.78 is 4.50. The Morgan fingerprint density at radius 1 is 1.31 bits per heavy atom. The summed E-state index contributed by atoms with van der Waals surface area (Å²) >= 11 is 5.25. The van der Waals surface area contributed by atoms with Crippen LogP contribution in [0.15, 0.2) is 0 Å². The summed E-state index contributed by atoms with van der Waals surface area (Å²) in [5.41, 5.74) is 0. The Labute approximate surface area is 96.3 Å². The minimum absolute atomic E-state index is 0.00403. The van der Waals surface area contributed by atoms with E-state index in [4.69, 9.17) is 21.8 Å². The molecule has 1 atom stereocenters. The van der Waals surface area contributed by atoms with Gasteiger partial charge in [0.25, 0.3) is 0 Å². The summed E-state index contributed by atoms with van der Waals surface area (Å²) in [6.07, 6.45) is -1.39. The first kappa shape index (κ1) is 14.5. The number of rotatable bonds is 7. The number of hydrogen-bond donors (Lipinski definition) is 3. The molecule has 0 saturated carbocycles. The molecule has 0 aliphatic rings. The molecular formula is C8H12ClNO6. The van der Waals surface area contributed by atoms with Crippen LogP contribution < -0.4 is 5.32 Å². The summed E-state index contributed by atoms with van der Waals surface area (Å²) in [5.74, 6) is -3.59. The van der Waals surface area contributed by atoms with Crippen LogP contribution in [0, 0.1) is 5.92 Å². The molecule has 0 aromatic rings. The van der Waals surface area contributed by atoms with Crippen LogP contribution in [0.2, 0.25) is 0 Å². The first-order valence-electron chi connectivity index (χ1n) is 4.38. The molecule has 0 rings (SSSR count). The molecule has 1 unspecified atom stereocenters.